The summed E-state index contributed by atoms with van der Waals surface area (Å²) < 4.78 is 5.65. The molecule has 1 amide bonds. The van der Waals surface area contributed by atoms with Gasteiger partial charge in [0.25, 0.3) is 0 Å². The summed E-state index contributed by atoms with van der Waals surface area (Å²) in [5, 5.41) is 2.98. The second-order valence-electron chi connectivity index (χ2n) is 9.95. The van der Waals surface area contributed by atoms with Crippen molar-refractivity contribution in [2.24, 2.45) is 5.92 Å². The third-order valence-corrected chi connectivity index (χ3v) is 7.40. The van der Waals surface area contributed by atoms with Gasteiger partial charge in [0, 0.05) is 5.75 Å². The summed E-state index contributed by atoms with van der Waals surface area (Å²) in [5.74, 6) is 1.23. The molecule has 2 fully saturated rings. The Balaban J connectivity index is 1.66. The van der Waals surface area contributed by atoms with E-state index in [1.54, 1.807) is 11.8 Å². The van der Waals surface area contributed by atoms with E-state index in [0.717, 1.165) is 25.0 Å². The van der Waals surface area contributed by atoms with E-state index in [2.05, 4.69) is 64.2 Å². The maximum Gasteiger partial charge on any atom is 0.234 e. The van der Waals surface area contributed by atoms with Gasteiger partial charge in [-0.3, -0.25) is 9.59 Å². The summed E-state index contributed by atoms with van der Waals surface area (Å²) in [6, 6.07) is 8.70. The summed E-state index contributed by atoms with van der Waals surface area (Å²) >= 11 is 1.68. The number of Topliss-reactive ketones (excluding diaryl/α,β-unsaturated/α-hetero) is 1. The Morgan fingerprint density at radius 3 is 2.59 bits per heavy atom. The maximum absolute atomic E-state index is 13.2. The van der Waals surface area contributed by atoms with Gasteiger partial charge in [0.1, 0.15) is 12.1 Å². The molecule has 0 bridgehead atoms. The molecule has 2 aliphatic rings. The molecule has 4 nitrogen and oxygen atoms in total. The molecule has 1 aromatic rings. The van der Waals surface area contributed by atoms with Gasteiger partial charge in [0.05, 0.1) is 11.4 Å². The van der Waals surface area contributed by atoms with Gasteiger partial charge in [0.2, 0.25) is 5.91 Å². The summed E-state index contributed by atoms with van der Waals surface area (Å²) in [5.41, 5.74) is 1.90. The van der Waals surface area contributed by atoms with Crippen LogP contribution < -0.4 is 5.32 Å². The van der Waals surface area contributed by atoms with E-state index in [4.69, 9.17) is 4.74 Å². The Labute approximate surface area is 179 Å². The minimum atomic E-state index is -0.777. The largest absolute Gasteiger partial charge is 0.367 e. The number of fused-ring (bicyclic) bond motifs is 1. The number of amides is 1. The molecule has 5 heteroatoms. The van der Waals surface area contributed by atoms with Crippen molar-refractivity contribution in [1.29, 1.82) is 0 Å². The third kappa shape index (κ3) is 5.05. The van der Waals surface area contributed by atoms with Gasteiger partial charge in [-0.25, -0.2) is 0 Å². The van der Waals surface area contributed by atoms with Crippen molar-refractivity contribution in [3.8, 4) is 0 Å². The summed E-state index contributed by atoms with van der Waals surface area (Å²) in [7, 11) is 0. The Kier molecular flexibility index (Phi) is 6.79. The number of nitrogens with one attached hydrogen (secondary N) is 1. The van der Waals surface area contributed by atoms with Crippen LogP contribution in [0.1, 0.15) is 71.4 Å². The number of hydrogen-bond acceptors (Lipinski definition) is 4. The van der Waals surface area contributed by atoms with Crippen LogP contribution in [-0.4, -0.2) is 35.2 Å². The van der Waals surface area contributed by atoms with Crippen LogP contribution in [0, 0.1) is 5.92 Å². The normalized spacial score (nSPS) is 25.3. The molecule has 160 valence electrons. The molecule has 0 aromatic heterocycles. The molecule has 0 spiro atoms. The first-order valence-corrected chi connectivity index (χ1v) is 11.8. The van der Waals surface area contributed by atoms with Crippen LogP contribution in [0.2, 0.25) is 0 Å². The number of hydrogen-bond donors (Lipinski definition) is 1. The lowest BCUT2D eigenvalue weighted by Crippen LogP contribution is -2.57. The molecule has 1 aliphatic heterocycles. The van der Waals surface area contributed by atoms with Crippen molar-refractivity contribution in [3.05, 3.63) is 35.4 Å². The Morgan fingerprint density at radius 2 is 1.97 bits per heavy atom. The van der Waals surface area contributed by atoms with Gasteiger partial charge in [-0.05, 0) is 48.1 Å². The summed E-state index contributed by atoms with van der Waals surface area (Å²) in [6.45, 7) is 11.0. The topological polar surface area (TPSA) is 55.4 Å². The number of ether oxygens (including phenoxy) is 1. The molecule has 1 saturated heterocycles. The van der Waals surface area contributed by atoms with Crippen LogP contribution in [-0.2, 0) is 25.5 Å². The van der Waals surface area contributed by atoms with Crippen molar-refractivity contribution >= 4 is 23.5 Å². The molecule has 0 unspecified atom stereocenters. The zero-order valence-corrected chi connectivity index (χ0v) is 19.2. The van der Waals surface area contributed by atoms with Gasteiger partial charge >= 0.3 is 0 Å². The van der Waals surface area contributed by atoms with E-state index in [0.29, 0.717) is 12.3 Å². The second-order valence-corrected chi connectivity index (χ2v) is 11.1. The highest BCUT2D eigenvalue weighted by Crippen LogP contribution is 2.38. The molecule has 1 N–H and O–H groups in total. The summed E-state index contributed by atoms with van der Waals surface area (Å²) in [4.78, 5) is 25.7. The van der Waals surface area contributed by atoms with E-state index in [1.165, 1.54) is 11.1 Å². The Hall–Kier alpha value is -1.33. The number of rotatable bonds is 7. The Morgan fingerprint density at radius 1 is 1.28 bits per heavy atom. The van der Waals surface area contributed by atoms with Gasteiger partial charge in [-0.2, -0.15) is 0 Å². The molecule has 3 atom stereocenters. The van der Waals surface area contributed by atoms with Crippen LogP contribution in [0.25, 0.3) is 0 Å². The van der Waals surface area contributed by atoms with E-state index in [-0.39, 0.29) is 35.1 Å². The highest BCUT2D eigenvalue weighted by molar-refractivity contribution is 7.99. The maximum atomic E-state index is 13.2. The number of carbonyl (C=O) groups excluding carboxylic acids is 2. The standard InChI is InChI=1S/C24H35NO3S/c1-16(2)13-19(29-15-17-8-10-18(11-9-17)23(3,4)5)22(27)25-24-12-6-7-21(24)28-14-20(24)26/h8-11,16,19,21H,6-7,12-15H2,1-5H3,(H,25,27)/t19-,21+,24-/m0/s1. The highest BCUT2D eigenvalue weighted by Gasteiger charge is 2.55. The zero-order chi connectivity index (χ0) is 21.2. The predicted molar refractivity (Wildman–Crippen MR) is 119 cm³/mol. The van der Waals surface area contributed by atoms with Crippen LogP contribution in [0.4, 0.5) is 0 Å². The van der Waals surface area contributed by atoms with E-state index in [9.17, 15) is 9.59 Å². The van der Waals surface area contributed by atoms with Gasteiger partial charge in [-0.1, -0.05) is 58.9 Å². The lowest BCUT2D eigenvalue weighted by atomic mass is 9.87. The van der Waals surface area contributed by atoms with Crippen LogP contribution in [0.5, 0.6) is 0 Å². The molecule has 0 radical (unpaired) electrons. The summed E-state index contributed by atoms with van der Waals surface area (Å²) in [6.07, 6.45) is 3.14. The minimum Gasteiger partial charge on any atom is -0.367 e. The fourth-order valence-electron chi connectivity index (χ4n) is 4.31. The molecule has 1 heterocycles. The smallest absolute Gasteiger partial charge is 0.234 e. The molecular weight excluding hydrogens is 382 g/mol. The molecule has 1 saturated carbocycles. The zero-order valence-electron chi connectivity index (χ0n) is 18.4. The molecular formula is C24H35NO3S. The Bertz CT molecular complexity index is 737. The van der Waals surface area contributed by atoms with E-state index >= 15 is 0 Å². The predicted octanol–water partition coefficient (Wildman–Crippen LogP) is 4.64. The van der Waals surface area contributed by atoms with E-state index in [1.807, 2.05) is 0 Å². The SMILES string of the molecule is CC(C)C[C@H](SCc1ccc(C(C)(C)C)cc1)C(=O)N[C@]12CCC[C@H]1OCC2=O. The first kappa shape index (κ1) is 22.4. The van der Waals surface area contributed by atoms with Crippen molar-refractivity contribution in [2.45, 2.75) is 88.4 Å². The van der Waals surface area contributed by atoms with Gasteiger partial charge < -0.3 is 10.1 Å². The minimum absolute atomic E-state index is 0.0132. The van der Waals surface area contributed by atoms with Crippen LogP contribution in [0.3, 0.4) is 0 Å². The average Bonchev–Trinajstić information content (AvgIpc) is 3.18. The fourth-order valence-corrected chi connectivity index (χ4v) is 5.63. The average molecular weight is 418 g/mol. The van der Waals surface area contributed by atoms with Crippen molar-refractivity contribution < 1.29 is 14.3 Å². The van der Waals surface area contributed by atoms with Crippen LogP contribution in [0.15, 0.2) is 24.3 Å². The lowest BCUT2D eigenvalue weighted by Gasteiger charge is -2.30. The monoisotopic (exact) mass is 417 g/mol. The van der Waals surface area contributed by atoms with Crippen molar-refractivity contribution in [2.75, 3.05) is 6.61 Å². The lowest BCUT2D eigenvalue weighted by molar-refractivity contribution is -0.129. The molecule has 3 rings (SSSR count). The second kappa shape index (κ2) is 8.81. The first-order chi connectivity index (χ1) is 13.6. The molecule has 29 heavy (non-hydrogen) atoms. The van der Waals surface area contributed by atoms with E-state index < -0.39 is 5.54 Å². The quantitative estimate of drug-likeness (QED) is 0.702. The molecule has 1 aliphatic carbocycles. The highest BCUT2D eigenvalue weighted by atomic mass is 32.2. The first-order valence-electron chi connectivity index (χ1n) is 10.8. The number of ketones is 1. The van der Waals surface area contributed by atoms with Gasteiger partial charge in [-0.15, -0.1) is 11.8 Å². The third-order valence-electron chi connectivity index (χ3n) is 6.10. The number of benzene rings is 1. The number of carbonyl (C=O) groups is 2. The van der Waals surface area contributed by atoms with Crippen molar-refractivity contribution in [3.63, 3.8) is 0 Å². The van der Waals surface area contributed by atoms with Gasteiger partial charge in [0.15, 0.2) is 5.78 Å². The van der Waals surface area contributed by atoms with Crippen molar-refractivity contribution in [1.82, 2.24) is 5.32 Å². The fraction of sp³-hybridized carbons (Fsp3) is 0.667. The van der Waals surface area contributed by atoms with Crippen LogP contribution >= 0.6 is 11.8 Å². The molecule has 1 aromatic carbocycles. The number of thioether (sulfide) groups is 1.